The number of rotatable bonds is 6. The van der Waals surface area contributed by atoms with Gasteiger partial charge in [-0.05, 0) is 51.4 Å². The molecule has 1 atom stereocenters. The molecule has 0 amide bonds. The lowest BCUT2D eigenvalue weighted by molar-refractivity contribution is 0.0951. The van der Waals surface area contributed by atoms with Gasteiger partial charge < -0.3 is 14.2 Å². The van der Waals surface area contributed by atoms with Crippen LogP contribution >= 0.6 is 11.8 Å². The molecule has 0 radical (unpaired) electrons. The van der Waals surface area contributed by atoms with E-state index in [1.54, 1.807) is 11.8 Å². The van der Waals surface area contributed by atoms with Crippen LogP contribution in [0.2, 0.25) is 0 Å². The summed E-state index contributed by atoms with van der Waals surface area (Å²) in [5.74, 6) is 2.90. The summed E-state index contributed by atoms with van der Waals surface area (Å²) >= 11 is 1.73. The maximum absolute atomic E-state index is 5.92. The van der Waals surface area contributed by atoms with Gasteiger partial charge in [-0.3, -0.25) is 4.57 Å². The minimum absolute atomic E-state index is 0.277. The number of piperidine rings is 1. The van der Waals surface area contributed by atoms with Crippen LogP contribution in [-0.2, 0) is 29.9 Å². The second-order valence-electron chi connectivity index (χ2n) is 8.10. The van der Waals surface area contributed by atoms with Crippen LogP contribution in [0.4, 0.5) is 5.95 Å². The molecular formula is C20H29N5O2S. The van der Waals surface area contributed by atoms with Crippen LogP contribution in [0.1, 0.15) is 62.0 Å². The number of hydrogen-bond acceptors (Lipinski definition) is 7. The summed E-state index contributed by atoms with van der Waals surface area (Å²) in [6.45, 7) is 3.87. The molecule has 4 heterocycles. The molecule has 2 aliphatic heterocycles. The molecule has 5 rings (SSSR count). The molecule has 0 spiro atoms. The first-order valence-electron chi connectivity index (χ1n) is 10.8. The van der Waals surface area contributed by atoms with E-state index < -0.39 is 0 Å². The average Bonchev–Trinajstić information content (AvgIpc) is 3.48. The Labute approximate surface area is 170 Å². The Balaban J connectivity index is 1.35. The van der Waals surface area contributed by atoms with Crippen LogP contribution in [0.15, 0.2) is 9.68 Å². The molecular weight excluding hydrogens is 374 g/mol. The Bertz CT molecular complexity index is 793. The molecule has 7 nitrogen and oxygen atoms in total. The highest BCUT2D eigenvalue weighted by Crippen LogP contribution is 2.31. The number of ether oxygens (including phenoxy) is 1. The normalized spacial score (nSPS) is 22.6. The Hall–Kier alpha value is -1.54. The first-order valence-corrected chi connectivity index (χ1v) is 11.8. The van der Waals surface area contributed by atoms with Gasteiger partial charge in [-0.15, -0.1) is 10.2 Å². The van der Waals surface area contributed by atoms with E-state index in [4.69, 9.17) is 9.26 Å². The lowest BCUT2D eigenvalue weighted by Crippen LogP contribution is -2.33. The summed E-state index contributed by atoms with van der Waals surface area (Å²) in [7, 11) is 0. The third-order valence-corrected chi connectivity index (χ3v) is 7.09. The van der Waals surface area contributed by atoms with E-state index in [9.17, 15) is 0 Å². The fourth-order valence-corrected chi connectivity index (χ4v) is 5.47. The van der Waals surface area contributed by atoms with E-state index in [1.165, 1.54) is 37.7 Å². The second kappa shape index (κ2) is 8.45. The molecule has 2 aromatic heterocycles. The van der Waals surface area contributed by atoms with Crippen molar-refractivity contribution in [3.8, 4) is 0 Å². The molecule has 1 unspecified atom stereocenters. The van der Waals surface area contributed by atoms with E-state index in [2.05, 4.69) is 24.8 Å². The first kappa shape index (κ1) is 18.5. The zero-order chi connectivity index (χ0) is 18.8. The van der Waals surface area contributed by atoms with Crippen molar-refractivity contribution < 1.29 is 9.26 Å². The molecule has 0 N–H and O–H groups in total. The number of thioether (sulfide) groups is 1. The van der Waals surface area contributed by atoms with Gasteiger partial charge in [0.25, 0.3) is 0 Å². The Morgan fingerprint density at radius 1 is 1.00 bits per heavy atom. The topological polar surface area (TPSA) is 69.2 Å². The van der Waals surface area contributed by atoms with E-state index in [0.717, 1.165) is 80.2 Å². The van der Waals surface area contributed by atoms with Crippen molar-refractivity contribution in [1.29, 1.82) is 0 Å². The van der Waals surface area contributed by atoms with Crippen molar-refractivity contribution in [1.82, 2.24) is 19.9 Å². The molecule has 0 aromatic carbocycles. The predicted octanol–water partition coefficient (Wildman–Crippen LogP) is 3.61. The van der Waals surface area contributed by atoms with Crippen LogP contribution in [0.5, 0.6) is 0 Å². The van der Waals surface area contributed by atoms with Gasteiger partial charge in [0.2, 0.25) is 5.95 Å². The average molecular weight is 404 g/mol. The Morgan fingerprint density at radius 2 is 1.89 bits per heavy atom. The summed E-state index contributed by atoms with van der Waals surface area (Å²) in [5.41, 5.74) is 2.42. The number of anilines is 1. The van der Waals surface area contributed by atoms with E-state index in [0.29, 0.717) is 0 Å². The monoisotopic (exact) mass is 403 g/mol. The Kier molecular flexibility index (Phi) is 5.58. The van der Waals surface area contributed by atoms with E-state index >= 15 is 0 Å². The number of hydrogen-bond donors (Lipinski definition) is 0. The predicted molar refractivity (Wildman–Crippen MR) is 108 cm³/mol. The van der Waals surface area contributed by atoms with Crippen molar-refractivity contribution >= 4 is 17.7 Å². The van der Waals surface area contributed by atoms with Crippen molar-refractivity contribution in [3.05, 3.63) is 17.0 Å². The van der Waals surface area contributed by atoms with Crippen molar-refractivity contribution in [2.45, 2.75) is 81.3 Å². The van der Waals surface area contributed by atoms with Crippen LogP contribution in [0, 0.1) is 0 Å². The van der Waals surface area contributed by atoms with Gasteiger partial charge in [-0.25, -0.2) is 0 Å². The maximum atomic E-state index is 5.92. The molecule has 28 heavy (non-hydrogen) atoms. The van der Waals surface area contributed by atoms with E-state index in [-0.39, 0.29) is 6.10 Å². The third kappa shape index (κ3) is 3.81. The summed E-state index contributed by atoms with van der Waals surface area (Å²) in [5, 5.41) is 14.5. The molecule has 2 aromatic rings. The highest BCUT2D eigenvalue weighted by molar-refractivity contribution is 7.98. The van der Waals surface area contributed by atoms with Crippen LogP contribution in [0.3, 0.4) is 0 Å². The number of aryl methyl sites for hydroxylation is 1. The number of aromatic nitrogens is 4. The minimum atomic E-state index is 0.277. The van der Waals surface area contributed by atoms with Crippen molar-refractivity contribution in [2.75, 3.05) is 24.6 Å². The summed E-state index contributed by atoms with van der Waals surface area (Å²) < 4.78 is 13.8. The minimum Gasteiger partial charge on any atom is -0.376 e. The Morgan fingerprint density at radius 3 is 2.75 bits per heavy atom. The smallest absolute Gasteiger partial charge is 0.228 e. The summed E-state index contributed by atoms with van der Waals surface area (Å²) in [4.78, 5) is 2.40. The molecule has 1 aliphatic carbocycles. The fraction of sp³-hybridized carbons (Fsp3) is 0.750. The van der Waals surface area contributed by atoms with Gasteiger partial charge in [-0.1, -0.05) is 16.9 Å². The van der Waals surface area contributed by atoms with Crippen molar-refractivity contribution in [2.24, 2.45) is 0 Å². The van der Waals surface area contributed by atoms with Crippen molar-refractivity contribution in [3.63, 3.8) is 0 Å². The highest BCUT2D eigenvalue weighted by Gasteiger charge is 2.26. The standard InChI is InChI=1S/C20H29N5O2S/c1-4-10-24(11-5-1)19-21-22-20(25(19)13-15-7-6-12-26-15)28-14-17-16-8-2-3-9-18(16)27-23-17/h15H,1-14H2. The maximum Gasteiger partial charge on any atom is 0.228 e. The number of fused-ring (bicyclic) bond motifs is 1. The molecule has 0 saturated carbocycles. The zero-order valence-corrected chi connectivity index (χ0v) is 17.3. The summed E-state index contributed by atoms with van der Waals surface area (Å²) in [6, 6.07) is 0. The van der Waals surface area contributed by atoms with E-state index in [1.807, 2.05) is 0 Å². The highest BCUT2D eigenvalue weighted by atomic mass is 32.2. The van der Waals surface area contributed by atoms with Gasteiger partial charge in [0.15, 0.2) is 5.16 Å². The number of nitrogens with zero attached hydrogens (tertiary/aromatic N) is 5. The summed E-state index contributed by atoms with van der Waals surface area (Å²) in [6.07, 6.45) is 10.9. The van der Waals surface area contributed by atoms with Gasteiger partial charge in [0.05, 0.1) is 18.3 Å². The van der Waals surface area contributed by atoms with Crippen LogP contribution < -0.4 is 4.90 Å². The molecule has 8 heteroatoms. The lowest BCUT2D eigenvalue weighted by Gasteiger charge is -2.28. The van der Waals surface area contributed by atoms with Gasteiger partial charge >= 0.3 is 0 Å². The molecule has 2 saturated heterocycles. The molecule has 2 fully saturated rings. The largest absolute Gasteiger partial charge is 0.376 e. The quantitative estimate of drug-likeness (QED) is 0.683. The lowest BCUT2D eigenvalue weighted by atomic mass is 9.97. The van der Waals surface area contributed by atoms with Gasteiger partial charge in [0.1, 0.15) is 5.76 Å². The second-order valence-corrected chi connectivity index (χ2v) is 9.05. The molecule has 0 bridgehead atoms. The molecule has 3 aliphatic rings. The SMILES string of the molecule is C1CCN(c2nnc(SCc3noc4c3CCCC4)n2CC2CCCO2)CC1. The van der Waals surface area contributed by atoms with Crippen LogP contribution in [-0.4, -0.2) is 45.7 Å². The zero-order valence-electron chi connectivity index (χ0n) is 16.4. The third-order valence-electron chi connectivity index (χ3n) is 6.12. The first-order chi connectivity index (χ1) is 13.9. The van der Waals surface area contributed by atoms with Gasteiger partial charge in [-0.2, -0.15) is 0 Å². The fourth-order valence-electron chi connectivity index (χ4n) is 4.56. The van der Waals surface area contributed by atoms with Crippen LogP contribution in [0.25, 0.3) is 0 Å². The van der Waals surface area contributed by atoms with Gasteiger partial charge in [0, 0.05) is 37.4 Å². The molecule has 152 valence electrons.